The minimum atomic E-state index is -1.02. The first-order valence-corrected chi connectivity index (χ1v) is 16.5. The van der Waals surface area contributed by atoms with Crippen LogP contribution in [0.4, 0.5) is 17.1 Å². The van der Waals surface area contributed by atoms with Crippen molar-refractivity contribution < 1.29 is 43.5 Å². The molecule has 0 aliphatic carbocycles. The maximum absolute atomic E-state index is 13.2. The Balaban J connectivity index is 1.00. The van der Waals surface area contributed by atoms with Crippen LogP contribution in [0.5, 0.6) is 5.75 Å². The first-order chi connectivity index (χ1) is 24.6. The van der Waals surface area contributed by atoms with Crippen molar-refractivity contribution >= 4 is 58.4 Å². The number of anilines is 3. The summed E-state index contributed by atoms with van der Waals surface area (Å²) < 4.78 is 5.24. The molecule has 15 nitrogen and oxygen atoms in total. The molecule has 7 amide bonds. The van der Waals surface area contributed by atoms with E-state index in [9.17, 15) is 33.6 Å². The Morgan fingerprint density at radius 3 is 2.29 bits per heavy atom. The third-order valence-corrected chi connectivity index (χ3v) is 8.61. The van der Waals surface area contributed by atoms with Gasteiger partial charge >= 0.3 is 0 Å². The predicted octanol–water partition coefficient (Wildman–Crippen LogP) is 3.86. The summed E-state index contributed by atoms with van der Waals surface area (Å²) in [5.41, 5.74) is 3.73. The molecule has 5 rings (SSSR count). The second-order valence-corrected chi connectivity index (χ2v) is 12.1. The Bertz CT molecular complexity index is 1860. The molecule has 1 atom stereocenters. The third kappa shape index (κ3) is 8.56. The number of nitrogens with zero attached hydrogens (tertiary/aromatic N) is 1. The Hall–Kier alpha value is -6.09. The Morgan fingerprint density at radius 2 is 1.57 bits per heavy atom. The van der Waals surface area contributed by atoms with Gasteiger partial charge in [0, 0.05) is 41.9 Å². The molecule has 2 aliphatic rings. The van der Waals surface area contributed by atoms with Crippen molar-refractivity contribution in [3.63, 3.8) is 0 Å². The van der Waals surface area contributed by atoms with Crippen molar-refractivity contribution in [2.45, 2.75) is 57.4 Å². The van der Waals surface area contributed by atoms with Crippen LogP contribution in [-0.4, -0.2) is 71.2 Å². The number of methoxy groups -OCH3 is 1. The van der Waals surface area contributed by atoms with E-state index < -0.39 is 41.5 Å². The number of piperidine rings is 1. The molecule has 0 saturated carbocycles. The van der Waals surface area contributed by atoms with Gasteiger partial charge in [0.1, 0.15) is 11.8 Å². The lowest BCUT2D eigenvalue weighted by molar-refractivity contribution is -0.136. The van der Waals surface area contributed by atoms with Gasteiger partial charge in [-0.1, -0.05) is 25.3 Å². The highest BCUT2D eigenvalue weighted by atomic mass is 16.5. The van der Waals surface area contributed by atoms with Crippen LogP contribution < -0.4 is 31.5 Å². The van der Waals surface area contributed by atoms with Gasteiger partial charge in [-0.15, -0.1) is 0 Å². The number of unbranched alkanes of at least 4 members (excludes halogenated alkanes) is 4. The summed E-state index contributed by atoms with van der Waals surface area (Å²) in [4.78, 5) is 88.1. The Kier molecular flexibility index (Phi) is 11.7. The zero-order valence-corrected chi connectivity index (χ0v) is 27.9. The van der Waals surface area contributed by atoms with Crippen LogP contribution in [0.15, 0.2) is 60.7 Å². The monoisotopic (exact) mass is 698 g/mol. The van der Waals surface area contributed by atoms with E-state index in [1.165, 1.54) is 25.3 Å². The van der Waals surface area contributed by atoms with E-state index in [2.05, 4.69) is 21.3 Å². The first kappa shape index (κ1) is 36.2. The summed E-state index contributed by atoms with van der Waals surface area (Å²) in [6.07, 6.45) is 4.58. The molecule has 1 unspecified atom stereocenters. The molecule has 3 aromatic carbocycles. The lowest BCUT2D eigenvalue weighted by Crippen LogP contribution is -2.54. The van der Waals surface area contributed by atoms with Gasteiger partial charge in [0.15, 0.2) is 0 Å². The highest BCUT2D eigenvalue weighted by Crippen LogP contribution is 2.32. The SMILES string of the molecule is COc1ccc(C(=O)NO)cc1NC(=O)c1ccc(NC(=O)CCCCCCCNc2cccc3c2C(=O)N(C2CCC(=O)NC2=O)C3=O)cc1. The lowest BCUT2D eigenvalue weighted by atomic mass is 10.0. The number of carbonyl (C=O) groups excluding carboxylic acids is 7. The molecular weight excluding hydrogens is 660 g/mol. The van der Waals surface area contributed by atoms with Gasteiger partial charge in [-0.2, -0.15) is 0 Å². The predicted molar refractivity (Wildman–Crippen MR) is 185 cm³/mol. The number of carbonyl (C=O) groups is 7. The summed E-state index contributed by atoms with van der Waals surface area (Å²) in [5.74, 6) is -3.20. The van der Waals surface area contributed by atoms with E-state index in [0.717, 1.165) is 30.6 Å². The maximum Gasteiger partial charge on any atom is 0.274 e. The van der Waals surface area contributed by atoms with Crippen LogP contribution in [0.3, 0.4) is 0 Å². The van der Waals surface area contributed by atoms with Crippen LogP contribution in [0.1, 0.15) is 92.8 Å². The molecule has 51 heavy (non-hydrogen) atoms. The zero-order chi connectivity index (χ0) is 36.5. The number of rotatable bonds is 15. The van der Waals surface area contributed by atoms with Crippen LogP contribution in [0.2, 0.25) is 0 Å². The number of imide groups is 2. The van der Waals surface area contributed by atoms with Crippen molar-refractivity contribution in [3.05, 3.63) is 82.9 Å². The Labute approximate surface area is 293 Å². The molecule has 1 saturated heterocycles. The van der Waals surface area contributed by atoms with E-state index in [0.29, 0.717) is 42.1 Å². The summed E-state index contributed by atoms with van der Waals surface area (Å²) >= 11 is 0. The molecule has 266 valence electrons. The smallest absolute Gasteiger partial charge is 0.274 e. The van der Waals surface area contributed by atoms with Crippen molar-refractivity contribution in [3.8, 4) is 5.75 Å². The average Bonchev–Trinajstić information content (AvgIpc) is 3.38. The molecule has 3 aromatic rings. The highest BCUT2D eigenvalue weighted by molar-refractivity contribution is 6.25. The minimum absolute atomic E-state index is 0.0575. The first-order valence-electron chi connectivity index (χ1n) is 16.5. The fraction of sp³-hybridized carbons (Fsp3) is 0.306. The second-order valence-electron chi connectivity index (χ2n) is 12.1. The standard InChI is InChI=1S/C36H38N6O9/c1-51-28-17-13-22(33(46)41-50)20-26(28)39-32(45)21-11-14-23(15-12-21)38-29(43)10-5-3-2-4-6-19-37-25-9-7-8-24-31(25)36(49)42(35(24)48)27-16-18-30(44)40-34(27)47/h7-9,11-15,17,20,27,37,50H,2-6,10,16,18-19H2,1H3,(H,38,43)(H,39,45)(H,41,46)(H,40,44,47). The van der Waals surface area contributed by atoms with Gasteiger partial charge in [-0.05, 0) is 73.9 Å². The zero-order valence-electron chi connectivity index (χ0n) is 27.9. The average molecular weight is 699 g/mol. The van der Waals surface area contributed by atoms with Gasteiger partial charge in [0.25, 0.3) is 23.6 Å². The number of benzene rings is 3. The molecule has 1 fully saturated rings. The van der Waals surface area contributed by atoms with Crippen LogP contribution in [0, 0.1) is 0 Å². The molecule has 0 aromatic heterocycles. The van der Waals surface area contributed by atoms with E-state index in [4.69, 9.17) is 9.94 Å². The van der Waals surface area contributed by atoms with E-state index in [1.54, 1.807) is 47.9 Å². The Morgan fingerprint density at radius 1 is 0.843 bits per heavy atom. The lowest BCUT2D eigenvalue weighted by Gasteiger charge is -2.27. The maximum atomic E-state index is 13.2. The van der Waals surface area contributed by atoms with Gasteiger partial charge in [0.2, 0.25) is 17.7 Å². The summed E-state index contributed by atoms with van der Waals surface area (Å²) in [7, 11) is 1.42. The molecule has 2 aliphatic heterocycles. The number of fused-ring (bicyclic) bond motifs is 1. The van der Waals surface area contributed by atoms with Crippen LogP contribution in [-0.2, 0) is 14.4 Å². The van der Waals surface area contributed by atoms with Gasteiger partial charge in [-0.25, -0.2) is 5.48 Å². The van der Waals surface area contributed by atoms with Gasteiger partial charge < -0.3 is 20.7 Å². The quantitative estimate of drug-likeness (QED) is 0.0584. The molecule has 2 heterocycles. The van der Waals surface area contributed by atoms with Gasteiger partial charge in [0.05, 0.1) is 23.9 Å². The fourth-order valence-electron chi connectivity index (χ4n) is 5.96. The number of amides is 7. The second kappa shape index (κ2) is 16.5. The van der Waals surface area contributed by atoms with E-state index >= 15 is 0 Å². The molecule has 15 heteroatoms. The third-order valence-electron chi connectivity index (χ3n) is 8.61. The molecule has 0 spiro atoms. The molecule has 6 N–H and O–H groups in total. The highest BCUT2D eigenvalue weighted by Gasteiger charge is 2.45. The number of hydrogen-bond acceptors (Lipinski definition) is 10. The normalized spacial score (nSPS) is 15.2. The molecular formula is C36H38N6O9. The minimum Gasteiger partial charge on any atom is -0.495 e. The van der Waals surface area contributed by atoms with Crippen molar-refractivity contribution in [2.24, 2.45) is 0 Å². The number of hydroxylamine groups is 1. The van der Waals surface area contributed by atoms with E-state index in [-0.39, 0.29) is 41.1 Å². The number of ether oxygens (including phenoxy) is 1. The van der Waals surface area contributed by atoms with Gasteiger partial charge in [-0.3, -0.25) is 49.0 Å². The van der Waals surface area contributed by atoms with Crippen molar-refractivity contribution in [2.75, 3.05) is 29.6 Å². The van der Waals surface area contributed by atoms with Crippen LogP contribution in [0.25, 0.3) is 0 Å². The topological polar surface area (TPSA) is 212 Å². The van der Waals surface area contributed by atoms with Crippen LogP contribution >= 0.6 is 0 Å². The summed E-state index contributed by atoms with van der Waals surface area (Å²) in [6, 6.07) is 14.6. The number of hydrogen-bond donors (Lipinski definition) is 6. The van der Waals surface area contributed by atoms with E-state index in [1.807, 2.05) is 0 Å². The van der Waals surface area contributed by atoms with Crippen molar-refractivity contribution in [1.29, 1.82) is 0 Å². The van der Waals surface area contributed by atoms with Crippen molar-refractivity contribution in [1.82, 2.24) is 15.7 Å². The summed E-state index contributed by atoms with van der Waals surface area (Å²) in [6.45, 7) is 0.561. The molecule has 0 radical (unpaired) electrons. The fourth-order valence-corrected chi connectivity index (χ4v) is 5.96. The summed E-state index contributed by atoms with van der Waals surface area (Å²) in [5, 5.41) is 19.8. The largest absolute Gasteiger partial charge is 0.495 e. The number of nitrogens with one attached hydrogen (secondary N) is 5. The molecule has 0 bridgehead atoms.